The molecule has 1 aliphatic rings. The van der Waals surface area contributed by atoms with Crippen molar-refractivity contribution in [3.05, 3.63) is 35.9 Å². The quantitative estimate of drug-likeness (QED) is 0.916. The molecule has 5 nitrogen and oxygen atoms in total. The Morgan fingerprint density at radius 2 is 2.11 bits per heavy atom. The Morgan fingerprint density at radius 1 is 1.26 bits per heavy atom. The third-order valence-electron chi connectivity index (χ3n) is 3.81. The van der Waals surface area contributed by atoms with E-state index in [-0.39, 0.29) is 6.61 Å². The Hall–Kier alpha value is -1.62. The molecule has 0 spiro atoms. The van der Waals surface area contributed by atoms with Gasteiger partial charge in [0.25, 0.3) is 0 Å². The van der Waals surface area contributed by atoms with Crippen molar-refractivity contribution in [1.82, 2.24) is 19.6 Å². The van der Waals surface area contributed by atoms with Gasteiger partial charge < -0.3 is 5.11 Å². The third-order valence-corrected chi connectivity index (χ3v) is 3.81. The zero-order valence-corrected chi connectivity index (χ0v) is 11.1. The summed E-state index contributed by atoms with van der Waals surface area (Å²) in [6.07, 6.45) is 12.1. The number of aliphatic hydroxyl groups excluding tert-OH is 1. The molecule has 0 aromatic carbocycles. The van der Waals surface area contributed by atoms with Crippen molar-refractivity contribution in [1.29, 1.82) is 0 Å². The van der Waals surface area contributed by atoms with Gasteiger partial charge in [0.15, 0.2) is 0 Å². The van der Waals surface area contributed by atoms with Gasteiger partial charge in [0.2, 0.25) is 0 Å². The predicted octanol–water partition coefficient (Wildman–Crippen LogP) is 2.13. The molecule has 2 aromatic rings. The lowest BCUT2D eigenvalue weighted by molar-refractivity contribution is 0.281. The Morgan fingerprint density at radius 3 is 2.84 bits per heavy atom. The van der Waals surface area contributed by atoms with E-state index in [1.807, 2.05) is 10.9 Å². The van der Waals surface area contributed by atoms with Gasteiger partial charge in [-0.2, -0.15) is 10.2 Å². The van der Waals surface area contributed by atoms with Gasteiger partial charge >= 0.3 is 0 Å². The fourth-order valence-corrected chi connectivity index (χ4v) is 2.75. The summed E-state index contributed by atoms with van der Waals surface area (Å²) in [7, 11) is 0. The van der Waals surface area contributed by atoms with E-state index in [4.69, 9.17) is 5.11 Å². The van der Waals surface area contributed by atoms with Crippen molar-refractivity contribution in [2.75, 3.05) is 0 Å². The number of aliphatic hydroxyl groups is 1. The molecule has 0 radical (unpaired) electrons. The van der Waals surface area contributed by atoms with E-state index >= 15 is 0 Å². The van der Waals surface area contributed by atoms with E-state index in [9.17, 15) is 0 Å². The minimum absolute atomic E-state index is 0.0382. The highest BCUT2D eigenvalue weighted by molar-refractivity contribution is 5.05. The zero-order chi connectivity index (χ0) is 13.1. The van der Waals surface area contributed by atoms with Crippen LogP contribution in [0.15, 0.2) is 24.7 Å². The van der Waals surface area contributed by atoms with Gasteiger partial charge in [0.1, 0.15) is 0 Å². The van der Waals surface area contributed by atoms with Crippen LogP contribution in [0, 0.1) is 0 Å². The number of rotatable bonds is 4. The van der Waals surface area contributed by atoms with E-state index < -0.39 is 0 Å². The van der Waals surface area contributed by atoms with Gasteiger partial charge in [0, 0.05) is 18.0 Å². The molecule has 5 heteroatoms. The third kappa shape index (κ3) is 2.87. The first-order valence-corrected chi connectivity index (χ1v) is 7.01. The first-order chi connectivity index (χ1) is 9.35. The molecule has 3 rings (SSSR count). The largest absolute Gasteiger partial charge is 0.392 e. The summed E-state index contributed by atoms with van der Waals surface area (Å²) in [6, 6.07) is 2.64. The van der Waals surface area contributed by atoms with Crippen LogP contribution < -0.4 is 0 Å². The van der Waals surface area contributed by atoms with Gasteiger partial charge in [0.05, 0.1) is 31.1 Å². The molecule has 0 amide bonds. The molecule has 0 bridgehead atoms. The van der Waals surface area contributed by atoms with E-state index in [0.717, 1.165) is 11.3 Å². The van der Waals surface area contributed by atoms with Crippen LogP contribution in [-0.2, 0) is 13.2 Å². The maximum absolute atomic E-state index is 9.02. The van der Waals surface area contributed by atoms with Crippen LogP contribution >= 0.6 is 0 Å². The topological polar surface area (TPSA) is 55.9 Å². The fraction of sp³-hybridized carbons (Fsp3) is 0.571. The minimum Gasteiger partial charge on any atom is -0.392 e. The van der Waals surface area contributed by atoms with Crippen molar-refractivity contribution in [3.63, 3.8) is 0 Å². The summed E-state index contributed by atoms with van der Waals surface area (Å²) in [5, 5.41) is 17.9. The molecule has 0 aliphatic heterocycles. The summed E-state index contributed by atoms with van der Waals surface area (Å²) in [5.74, 6) is 0. The molecule has 0 unspecified atom stereocenters. The maximum atomic E-state index is 9.02. The molecule has 1 saturated carbocycles. The number of aromatic nitrogens is 4. The molecule has 102 valence electrons. The Balaban J connectivity index is 1.67. The highest BCUT2D eigenvalue weighted by Gasteiger charge is 2.16. The van der Waals surface area contributed by atoms with Crippen molar-refractivity contribution in [3.8, 4) is 0 Å². The lowest BCUT2D eigenvalue weighted by atomic mass is 9.96. The summed E-state index contributed by atoms with van der Waals surface area (Å²) in [6.45, 7) is 0.705. The molecule has 1 N–H and O–H groups in total. The summed E-state index contributed by atoms with van der Waals surface area (Å²) < 4.78 is 3.93. The first kappa shape index (κ1) is 12.4. The smallest absolute Gasteiger partial charge is 0.0849 e. The summed E-state index contributed by atoms with van der Waals surface area (Å²) in [5.41, 5.74) is 1.87. The van der Waals surface area contributed by atoms with E-state index in [1.54, 1.807) is 6.20 Å². The van der Waals surface area contributed by atoms with Crippen LogP contribution in [0.1, 0.15) is 49.4 Å². The second-order valence-electron chi connectivity index (χ2n) is 5.28. The maximum Gasteiger partial charge on any atom is 0.0849 e. The lowest BCUT2D eigenvalue weighted by Crippen LogP contribution is -2.13. The molecule has 2 aromatic heterocycles. The van der Waals surface area contributed by atoms with Gasteiger partial charge in [-0.05, 0) is 18.9 Å². The van der Waals surface area contributed by atoms with Crippen molar-refractivity contribution >= 4 is 0 Å². The van der Waals surface area contributed by atoms with Crippen LogP contribution in [0.25, 0.3) is 0 Å². The van der Waals surface area contributed by atoms with Crippen LogP contribution in [-0.4, -0.2) is 24.7 Å². The monoisotopic (exact) mass is 260 g/mol. The Kier molecular flexibility index (Phi) is 3.64. The average molecular weight is 260 g/mol. The highest BCUT2D eigenvalue weighted by Crippen LogP contribution is 2.27. The van der Waals surface area contributed by atoms with Gasteiger partial charge in [-0.15, -0.1) is 0 Å². The number of hydrogen-bond donors (Lipinski definition) is 1. The van der Waals surface area contributed by atoms with E-state index in [2.05, 4.69) is 27.1 Å². The Bertz CT molecular complexity index is 525. The zero-order valence-electron chi connectivity index (χ0n) is 11.1. The normalized spacial score (nSPS) is 16.9. The molecule has 19 heavy (non-hydrogen) atoms. The molecular formula is C14H20N4O. The Labute approximate surface area is 112 Å². The van der Waals surface area contributed by atoms with Crippen molar-refractivity contribution < 1.29 is 5.11 Å². The van der Waals surface area contributed by atoms with Crippen LogP contribution in [0.3, 0.4) is 0 Å². The second-order valence-corrected chi connectivity index (χ2v) is 5.28. The molecule has 2 heterocycles. The fourth-order valence-electron chi connectivity index (χ4n) is 2.75. The van der Waals surface area contributed by atoms with Gasteiger partial charge in [-0.25, -0.2) is 0 Å². The standard InChI is InChI=1S/C14H20N4O/c19-11-12-8-15-17(9-12)10-13-6-7-18(16-13)14-4-2-1-3-5-14/h6-9,14,19H,1-5,10-11H2. The van der Waals surface area contributed by atoms with Crippen LogP contribution in [0.4, 0.5) is 0 Å². The lowest BCUT2D eigenvalue weighted by Gasteiger charge is -2.21. The molecule has 1 fully saturated rings. The molecule has 0 atom stereocenters. The van der Waals surface area contributed by atoms with Crippen LogP contribution in [0.2, 0.25) is 0 Å². The van der Waals surface area contributed by atoms with Gasteiger partial charge in [-0.3, -0.25) is 9.36 Å². The van der Waals surface area contributed by atoms with Crippen molar-refractivity contribution in [2.24, 2.45) is 0 Å². The van der Waals surface area contributed by atoms with E-state index in [1.165, 1.54) is 32.1 Å². The number of hydrogen-bond acceptors (Lipinski definition) is 3. The first-order valence-electron chi connectivity index (χ1n) is 7.01. The minimum atomic E-state index is 0.0382. The summed E-state index contributed by atoms with van der Waals surface area (Å²) >= 11 is 0. The molecule has 1 aliphatic carbocycles. The highest BCUT2D eigenvalue weighted by atomic mass is 16.3. The predicted molar refractivity (Wildman–Crippen MR) is 71.6 cm³/mol. The molecule has 0 saturated heterocycles. The SMILES string of the molecule is OCc1cnn(Cc2ccn(C3CCCCC3)n2)c1. The van der Waals surface area contributed by atoms with E-state index in [0.29, 0.717) is 12.6 Å². The summed E-state index contributed by atoms with van der Waals surface area (Å²) in [4.78, 5) is 0. The average Bonchev–Trinajstić information content (AvgIpc) is 3.09. The second kappa shape index (κ2) is 5.57. The van der Waals surface area contributed by atoms with Crippen molar-refractivity contribution in [2.45, 2.75) is 51.3 Å². The number of nitrogens with zero attached hydrogens (tertiary/aromatic N) is 4. The molecular weight excluding hydrogens is 240 g/mol. The van der Waals surface area contributed by atoms with Gasteiger partial charge in [-0.1, -0.05) is 19.3 Å². The van der Waals surface area contributed by atoms with Crippen LogP contribution in [0.5, 0.6) is 0 Å².